The minimum atomic E-state index is -0.326. The van der Waals surface area contributed by atoms with E-state index in [4.69, 9.17) is 9.47 Å². The lowest BCUT2D eigenvalue weighted by Crippen LogP contribution is -2.08. The summed E-state index contributed by atoms with van der Waals surface area (Å²) in [5, 5.41) is 0.635. The number of ether oxygens (including phenoxy) is 2. The van der Waals surface area contributed by atoms with E-state index in [1.807, 2.05) is 0 Å². The first-order chi connectivity index (χ1) is 8.65. The lowest BCUT2D eigenvalue weighted by atomic mass is 10.2. The minimum absolute atomic E-state index is 0.236. The number of aromatic nitrogens is 1. The molecule has 0 aliphatic carbocycles. The molecule has 0 saturated heterocycles. The maximum absolute atomic E-state index is 11.3. The zero-order chi connectivity index (χ0) is 13.1. The number of aromatic amines is 1. The minimum Gasteiger partial charge on any atom is -0.495 e. The third-order valence-electron chi connectivity index (χ3n) is 2.55. The molecule has 0 spiro atoms. The van der Waals surface area contributed by atoms with Crippen molar-refractivity contribution in [3.63, 3.8) is 0 Å². The van der Waals surface area contributed by atoms with E-state index in [-0.39, 0.29) is 17.9 Å². The van der Waals surface area contributed by atoms with Crippen molar-refractivity contribution in [2.45, 2.75) is 13.3 Å². The number of hydrogen-bond acceptors (Lipinski definition) is 4. The van der Waals surface area contributed by atoms with E-state index in [0.29, 0.717) is 22.4 Å². The molecular weight excluding hydrogens is 234 g/mol. The summed E-state index contributed by atoms with van der Waals surface area (Å²) < 4.78 is 10.4. The van der Waals surface area contributed by atoms with Crippen molar-refractivity contribution in [1.29, 1.82) is 0 Å². The number of esters is 1. The zero-order valence-electron chi connectivity index (χ0n) is 10.1. The Kier molecular flexibility index (Phi) is 3.32. The Morgan fingerprint density at radius 2 is 1.94 bits per heavy atom. The first-order valence-electron chi connectivity index (χ1n) is 5.56. The Morgan fingerprint density at radius 1 is 1.22 bits per heavy atom. The molecule has 0 bridgehead atoms. The molecule has 5 nitrogen and oxygen atoms in total. The normalized spacial score (nSPS) is 10.3. The van der Waals surface area contributed by atoms with Gasteiger partial charge >= 0.3 is 5.97 Å². The van der Waals surface area contributed by atoms with E-state index in [1.165, 1.54) is 13.2 Å². The van der Waals surface area contributed by atoms with Crippen LogP contribution in [0.1, 0.15) is 13.3 Å². The molecule has 2 aromatic rings. The smallest absolute Gasteiger partial charge is 0.310 e. The summed E-state index contributed by atoms with van der Waals surface area (Å²) in [7, 11) is 1.51. The van der Waals surface area contributed by atoms with Crippen LogP contribution in [0.3, 0.4) is 0 Å². The van der Waals surface area contributed by atoms with E-state index in [0.717, 1.165) is 0 Å². The second-order valence-corrected chi connectivity index (χ2v) is 3.70. The highest BCUT2D eigenvalue weighted by Gasteiger charge is 2.10. The van der Waals surface area contributed by atoms with Crippen molar-refractivity contribution in [2.24, 2.45) is 0 Å². The van der Waals surface area contributed by atoms with Crippen molar-refractivity contribution in [3.05, 3.63) is 34.6 Å². The Morgan fingerprint density at radius 3 is 2.61 bits per heavy atom. The molecule has 18 heavy (non-hydrogen) atoms. The molecule has 0 aliphatic heterocycles. The van der Waals surface area contributed by atoms with E-state index in [9.17, 15) is 9.59 Å². The second kappa shape index (κ2) is 4.91. The number of carbonyl (C=O) groups excluding carboxylic acids is 1. The molecule has 0 amide bonds. The molecule has 5 heteroatoms. The highest BCUT2D eigenvalue weighted by Crippen LogP contribution is 2.30. The Hall–Kier alpha value is -2.30. The summed E-state index contributed by atoms with van der Waals surface area (Å²) in [4.78, 5) is 25.3. The summed E-state index contributed by atoms with van der Waals surface area (Å²) in [6.07, 6.45) is 0.289. The van der Waals surface area contributed by atoms with Gasteiger partial charge in [0.25, 0.3) is 0 Å². The van der Waals surface area contributed by atoms with Gasteiger partial charge in [0.1, 0.15) is 11.5 Å². The summed E-state index contributed by atoms with van der Waals surface area (Å²) in [5.41, 5.74) is 0.283. The average molecular weight is 247 g/mol. The topological polar surface area (TPSA) is 68.4 Å². The van der Waals surface area contributed by atoms with Crippen LogP contribution >= 0.6 is 0 Å². The number of carbonyl (C=O) groups is 1. The molecule has 0 atom stereocenters. The maximum Gasteiger partial charge on any atom is 0.310 e. The van der Waals surface area contributed by atoms with Crippen LogP contribution in [0.5, 0.6) is 11.5 Å². The molecule has 1 aromatic carbocycles. The van der Waals surface area contributed by atoms with Gasteiger partial charge in [-0.15, -0.1) is 0 Å². The highest BCUT2D eigenvalue weighted by molar-refractivity contribution is 5.91. The SMILES string of the molecule is CCC(=O)Oc1ccc(OC)c2[nH]c(=O)ccc12. The second-order valence-electron chi connectivity index (χ2n) is 3.70. The third kappa shape index (κ3) is 2.20. The molecule has 2 rings (SSSR count). The number of nitrogens with one attached hydrogen (secondary N) is 1. The van der Waals surface area contributed by atoms with Crippen LogP contribution in [0, 0.1) is 0 Å². The van der Waals surface area contributed by atoms with E-state index < -0.39 is 0 Å². The van der Waals surface area contributed by atoms with Crippen LogP contribution in [-0.2, 0) is 4.79 Å². The predicted octanol–water partition coefficient (Wildman–Crippen LogP) is 1.85. The molecular formula is C13H13NO4. The standard InChI is InChI=1S/C13H13NO4/c1-3-12(16)18-9-5-6-10(17-2)13-8(9)4-7-11(15)14-13/h4-7H,3H2,1-2H3,(H,14,15). The molecule has 94 valence electrons. The van der Waals surface area contributed by atoms with Crippen LogP contribution in [0.2, 0.25) is 0 Å². The van der Waals surface area contributed by atoms with Crippen molar-refractivity contribution < 1.29 is 14.3 Å². The van der Waals surface area contributed by atoms with Crippen molar-refractivity contribution >= 4 is 16.9 Å². The number of methoxy groups -OCH3 is 1. The van der Waals surface area contributed by atoms with E-state index in [2.05, 4.69) is 4.98 Å². The largest absolute Gasteiger partial charge is 0.495 e. The summed E-state index contributed by atoms with van der Waals surface area (Å²) in [6, 6.07) is 6.28. The van der Waals surface area contributed by atoms with Gasteiger partial charge in [0, 0.05) is 17.9 Å². The van der Waals surface area contributed by atoms with Crippen LogP contribution < -0.4 is 15.0 Å². The fraction of sp³-hybridized carbons (Fsp3) is 0.231. The van der Waals surface area contributed by atoms with Gasteiger partial charge in [-0.1, -0.05) is 6.92 Å². The van der Waals surface area contributed by atoms with Crippen molar-refractivity contribution in [3.8, 4) is 11.5 Å². The average Bonchev–Trinajstić information content (AvgIpc) is 2.38. The summed E-state index contributed by atoms with van der Waals surface area (Å²) in [5.74, 6) is 0.612. The van der Waals surface area contributed by atoms with Crippen LogP contribution in [0.25, 0.3) is 10.9 Å². The van der Waals surface area contributed by atoms with Crippen LogP contribution in [-0.4, -0.2) is 18.1 Å². The quantitative estimate of drug-likeness (QED) is 0.664. The van der Waals surface area contributed by atoms with Crippen LogP contribution in [0.15, 0.2) is 29.1 Å². The van der Waals surface area contributed by atoms with E-state index in [1.54, 1.807) is 25.1 Å². The molecule has 1 N–H and O–H groups in total. The number of rotatable bonds is 3. The number of H-pyrrole nitrogens is 1. The Labute approximate surface area is 103 Å². The molecule has 0 aliphatic rings. The van der Waals surface area contributed by atoms with E-state index >= 15 is 0 Å². The number of fused-ring (bicyclic) bond motifs is 1. The highest BCUT2D eigenvalue weighted by atomic mass is 16.5. The van der Waals surface area contributed by atoms with Gasteiger partial charge in [-0.2, -0.15) is 0 Å². The van der Waals surface area contributed by atoms with Gasteiger partial charge in [0.05, 0.1) is 12.6 Å². The fourth-order valence-corrected chi connectivity index (χ4v) is 1.65. The molecule has 1 heterocycles. The van der Waals surface area contributed by atoms with Gasteiger partial charge in [-0.25, -0.2) is 0 Å². The summed E-state index contributed by atoms with van der Waals surface area (Å²) in [6.45, 7) is 1.72. The number of benzene rings is 1. The van der Waals surface area contributed by atoms with Gasteiger partial charge in [-0.05, 0) is 18.2 Å². The first kappa shape index (κ1) is 12.2. The first-order valence-corrected chi connectivity index (χ1v) is 5.56. The number of pyridine rings is 1. The Balaban J connectivity index is 2.63. The molecule has 0 saturated carbocycles. The van der Waals surface area contributed by atoms with Gasteiger partial charge < -0.3 is 14.5 Å². The van der Waals surface area contributed by atoms with Gasteiger partial charge in [0.2, 0.25) is 5.56 Å². The molecule has 0 unspecified atom stereocenters. The van der Waals surface area contributed by atoms with Gasteiger partial charge in [0.15, 0.2) is 0 Å². The number of hydrogen-bond donors (Lipinski definition) is 1. The Bertz CT molecular complexity index is 645. The zero-order valence-corrected chi connectivity index (χ0v) is 10.1. The van der Waals surface area contributed by atoms with Gasteiger partial charge in [-0.3, -0.25) is 9.59 Å². The van der Waals surface area contributed by atoms with Crippen molar-refractivity contribution in [1.82, 2.24) is 4.98 Å². The molecule has 1 aromatic heterocycles. The lowest BCUT2D eigenvalue weighted by Gasteiger charge is -2.09. The molecule has 0 fully saturated rings. The molecule has 0 radical (unpaired) electrons. The lowest BCUT2D eigenvalue weighted by molar-refractivity contribution is -0.133. The monoisotopic (exact) mass is 247 g/mol. The summed E-state index contributed by atoms with van der Waals surface area (Å²) >= 11 is 0. The maximum atomic E-state index is 11.3. The van der Waals surface area contributed by atoms with Crippen LogP contribution in [0.4, 0.5) is 0 Å². The fourth-order valence-electron chi connectivity index (χ4n) is 1.65. The van der Waals surface area contributed by atoms with Crippen molar-refractivity contribution in [2.75, 3.05) is 7.11 Å². The predicted molar refractivity (Wildman–Crippen MR) is 67.0 cm³/mol. The third-order valence-corrected chi connectivity index (χ3v) is 2.55.